The molecule has 0 bridgehead atoms. The van der Waals surface area contributed by atoms with E-state index in [-0.39, 0.29) is 35.5 Å². The highest BCUT2D eigenvalue weighted by atomic mass is 32.1. The third-order valence-corrected chi connectivity index (χ3v) is 9.18. The smallest absolute Gasteiger partial charge is 0.455 e. The average molecular weight is 533 g/mol. The number of carbonyl (C=O) groups is 2. The van der Waals surface area contributed by atoms with Crippen LogP contribution in [0.5, 0.6) is 5.75 Å². The molecule has 0 radical (unpaired) electrons. The van der Waals surface area contributed by atoms with Crippen LogP contribution >= 0.6 is 11.3 Å². The zero-order valence-corrected chi connectivity index (χ0v) is 23.0. The van der Waals surface area contributed by atoms with E-state index in [0.717, 1.165) is 41.7 Å². The second kappa shape index (κ2) is 11.6. The predicted molar refractivity (Wildman–Crippen MR) is 150 cm³/mol. The molecular weight excluding hydrogens is 497 g/mol. The van der Waals surface area contributed by atoms with Gasteiger partial charge in [0, 0.05) is 10.4 Å². The molecule has 3 aliphatic rings. The van der Waals surface area contributed by atoms with E-state index in [1.165, 1.54) is 16.0 Å². The monoisotopic (exact) mass is 533 g/mol. The molecule has 1 aromatic carbocycles. The number of aromatic hydroxyl groups is 1. The Morgan fingerprint density at radius 3 is 2.66 bits per heavy atom. The molecule has 2 amide bonds. The number of hydrogen-bond acceptors (Lipinski definition) is 6. The van der Waals surface area contributed by atoms with Gasteiger partial charge in [0.1, 0.15) is 5.75 Å². The van der Waals surface area contributed by atoms with E-state index in [1.54, 1.807) is 17.4 Å². The van der Waals surface area contributed by atoms with Crippen molar-refractivity contribution in [2.45, 2.75) is 71.3 Å². The summed E-state index contributed by atoms with van der Waals surface area (Å²) in [6, 6.07) is 11.2. The Morgan fingerprint density at radius 1 is 1.13 bits per heavy atom. The van der Waals surface area contributed by atoms with Crippen molar-refractivity contribution >= 4 is 36.3 Å². The summed E-state index contributed by atoms with van der Waals surface area (Å²) in [5.74, 6) is -0.887. The molecule has 2 aliphatic heterocycles. The Bertz CT molecular complexity index is 1240. The first-order valence-electron chi connectivity index (χ1n) is 13.8. The van der Waals surface area contributed by atoms with Gasteiger partial charge in [-0.25, -0.2) is 0 Å². The number of nitrogens with zero attached hydrogens (tertiary/aromatic N) is 1. The molecule has 2 aromatic rings. The van der Waals surface area contributed by atoms with Crippen LogP contribution in [0.15, 0.2) is 58.5 Å². The third-order valence-electron chi connectivity index (χ3n) is 8.32. The quantitative estimate of drug-likeness (QED) is 0.241. The second-order valence-corrected chi connectivity index (χ2v) is 11.7. The van der Waals surface area contributed by atoms with E-state index in [2.05, 4.69) is 19.9 Å². The van der Waals surface area contributed by atoms with Crippen LogP contribution in [-0.4, -0.2) is 40.1 Å². The molecular formula is C30H36BNO5S. The van der Waals surface area contributed by atoms with Crippen molar-refractivity contribution in [2.75, 3.05) is 0 Å². The fourth-order valence-corrected chi connectivity index (χ4v) is 7.31. The number of phenolic OH excluding ortho intramolecular Hbond substituents is 1. The number of carbonyl (C=O) groups excluding carboxylic acids is 2. The maximum absolute atomic E-state index is 13.7. The lowest BCUT2D eigenvalue weighted by Gasteiger charge is -2.43. The van der Waals surface area contributed by atoms with Crippen LogP contribution in [-0.2, 0) is 20.8 Å². The van der Waals surface area contributed by atoms with Crippen molar-refractivity contribution in [1.29, 1.82) is 0 Å². The molecule has 6 nitrogen and oxygen atoms in total. The standard InChI is InChI=1S/C30H36BNO5S/c1-3-8-19(15-21-9-5-6-11-25(21)33)12-13-26-27-20(4-2)16-23-28(24(27)17-31(36)37-26)30(35)32(29(23)34)18-22-10-7-14-38-22/h5-7,9-11,14-15,23-24,26,28,33,36H,3-4,8,12-13,16-18H2,1-2H3/b19-15+/t23-,24+,26-,28-/m1/s1. The molecule has 0 unspecified atom stereocenters. The fraction of sp³-hybridized carbons (Fsp3) is 0.467. The van der Waals surface area contributed by atoms with Gasteiger partial charge in [-0.15, -0.1) is 11.3 Å². The first-order chi connectivity index (χ1) is 18.4. The Labute approximate surface area is 229 Å². The van der Waals surface area contributed by atoms with Crippen LogP contribution in [0, 0.1) is 17.8 Å². The Balaban J connectivity index is 1.40. The maximum Gasteiger partial charge on any atom is 0.455 e. The summed E-state index contributed by atoms with van der Waals surface area (Å²) >= 11 is 1.55. The molecule has 0 spiro atoms. The Hall–Kier alpha value is -2.68. The van der Waals surface area contributed by atoms with Gasteiger partial charge in [0.15, 0.2) is 0 Å². The van der Waals surface area contributed by atoms with Crippen LogP contribution in [0.4, 0.5) is 0 Å². The van der Waals surface area contributed by atoms with Crippen LogP contribution in [0.2, 0.25) is 6.32 Å². The SMILES string of the molecule is CCC/C(=C\c1ccccc1O)CC[C@H]1OB(O)C[C@H]2C1=C(CC)C[C@H]1C(=O)N(Cc3cccs3)C(=O)[C@H]12. The summed E-state index contributed by atoms with van der Waals surface area (Å²) in [5.41, 5.74) is 4.36. The molecule has 0 saturated carbocycles. The lowest BCUT2D eigenvalue weighted by molar-refractivity contribution is -0.140. The van der Waals surface area contributed by atoms with Crippen molar-refractivity contribution in [2.24, 2.45) is 17.8 Å². The minimum absolute atomic E-state index is 0.0771. The number of para-hydroxylation sites is 1. The molecule has 200 valence electrons. The van der Waals surface area contributed by atoms with E-state index >= 15 is 0 Å². The fourth-order valence-electron chi connectivity index (χ4n) is 6.62. The van der Waals surface area contributed by atoms with Crippen LogP contribution in [0.25, 0.3) is 6.08 Å². The average Bonchev–Trinajstić information content (AvgIpc) is 3.50. The summed E-state index contributed by atoms with van der Waals surface area (Å²) in [4.78, 5) is 29.5. The van der Waals surface area contributed by atoms with Gasteiger partial charge in [-0.2, -0.15) is 0 Å². The van der Waals surface area contributed by atoms with E-state index in [1.807, 2.05) is 35.7 Å². The number of likely N-dealkylation sites (tertiary alicyclic amines) is 1. The normalized spacial score (nSPS) is 25.7. The van der Waals surface area contributed by atoms with Crippen molar-refractivity contribution in [1.82, 2.24) is 4.90 Å². The van der Waals surface area contributed by atoms with Crippen LogP contribution < -0.4 is 0 Å². The lowest BCUT2D eigenvalue weighted by atomic mass is 9.58. The zero-order valence-electron chi connectivity index (χ0n) is 22.1. The molecule has 2 fully saturated rings. The third kappa shape index (κ3) is 5.26. The largest absolute Gasteiger partial charge is 0.507 e. The van der Waals surface area contributed by atoms with Crippen LogP contribution in [0.3, 0.4) is 0 Å². The van der Waals surface area contributed by atoms with Gasteiger partial charge >= 0.3 is 7.12 Å². The molecule has 4 atom stereocenters. The van der Waals surface area contributed by atoms with Crippen molar-refractivity contribution in [3.05, 3.63) is 68.9 Å². The van der Waals surface area contributed by atoms with Crippen molar-refractivity contribution in [3.8, 4) is 5.75 Å². The molecule has 5 rings (SSSR count). The Kier molecular flexibility index (Phi) is 8.22. The first-order valence-corrected chi connectivity index (χ1v) is 14.7. The first kappa shape index (κ1) is 26.9. The van der Waals surface area contributed by atoms with E-state index in [4.69, 9.17) is 4.65 Å². The number of amides is 2. The van der Waals surface area contributed by atoms with E-state index in [0.29, 0.717) is 25.7 Å². The van der Waals surface area contributed by atoms with Gasteiger partial charge in [0.05, 0.1) is 24.5 Å². The zero-order chi connectivity index (χ0) is 26.8. The van der Waals surface area contributed by atoms with Crippen molar-refractivity contribution in [3.63, 3.8) is 0 Å². The van der Waals surface area contributed by atoms with E-state index in [9.17, 15) is 19.7 Å². The highest BCUT2D eigenvalue weighted by Gasteiger charge is 2.57. The van der Waals surface area contributed by atoms with Gasteiger partial charge in [-0.3, -0.25) is 14.5 Å². The van der Waals surface area contributed by atoms with Crippen LogP contribution in [0.1, 0.15) is 62.8 Å². The van der Waals surface area contributed by atoms with Gasteiger partial charge in [0.2, 0.25) is 11.8 Å². The number of allylic oxidation sites excluding steroid dienone is 2. The summed E-state index contributed by atoms with van der Waals surface area (Å²) in [6.07, 6.45) is 6.83. The highest BCUT2D eigenvalue weighted by Crippen LogP contribution is 2.51. The van der Waals surface area contributed by atoms with Gasteiger partial charge in [-0.05, 0) is 67.4 Å². The molecule has 1 aliphatic carbocycles. The second-order valence-electron chi connectivity index (χ2n) is 10.7. The number of phenols is 1. The highest BCUT2D eigenvalue weighted by molar-refractivity contribution is 7.09. The molecule has 8 heteroatoms. The summed E-state index contributed by atoms with van der Waals surface area (Å²) in [5, 5.41) is 23.0. The topological polar surface area (TPSA) is 87.1 Å². The number of thiophene rings is 1. The minimum Gasteiger partial charge on any atom is -0.507 e. The molecule has 3 heterocycles. The lowest BCUT2D eigenvalue weighted by Crippen LogP contribution is -2.46. The number of fused-ring (bicyclic) bond motifs is 3. The molecule has 2 N–H and O–H groups in total. The molecule has 1 aromatic heterocycles. The van der Waals surface area contributed by atoms with Gasteiger partial charge in [-0.1, -0.05) is 61.8 Å². The maximum atomic E-state index is 13.7. The number of hydrogen-bond donors (Lipinski definition) is 2. The predicted octanol–water partition coefficient (Wildman–Crippen LogP) is 5.82. The number of rotatable bonds is 9. The van der Waals surface area contributed by atoms with Crippen molar-refractivity contribution < 1.29 is 24.4 Å². The number of imide groups is 1. The molecule has 2 saturated heterocycles. The van der Waals surface area contributed by atoms with Gasteiger partial charge < -0.3 is 14.8 Å². The number of benzene rings is 1. The van der Waals surface area contributed by atoms with Gasteiger partial charge in [0.25, 0.3) is 0 Å². The summed E-state index contributed by atoms with van der Waals surface area (Å²) in [7, 11) is -0.961. The summed E-state index contributed by atoms with van der Waals surface area (Å²) in [6.45, 7) is 4.57. The summed E-state index contributed by atoms with van der Waals surface area (Å²) < 4.78 is 6.13. The Morgan fingerprint density at radius 2 is 1.95 bits per heavy atom. The minimum atomic E-state index is -0.961. The van der Waals surface area contributed by atoms with E-state index < -0.39 is 13.0 Å². The molecule has 38 heavy (non-hydrogen) atoms.